The molecule has 0 aliphatic carbocycles. The lowest BCUT2D eigenvalue weighted by Gasteiger charge is -1.83. The number of nitrogens with one attached hydrogen (secondary N) is 1. The standard InChI is InChI=1S/C2H6N6.NO3/c3-1-6-7-2(4)8(1)5;2-1(3)4/h5H2,(H4,3,4,6,7);/q;-1/p+1. The zero-order valence-corrected chi connectivity index (χ0v) is 5.80. The van der Waals surface area contributed by atoms with E-state index in [0.29, 0.717) is 0 Å². The van der Waals surface area contributed by atoms with Gasteiger partial charge in [0.15, 0.2) is 0 Å². The van der Waals surface area contributed by atoms with Crippen LogP contribution in [0.4, 0.5) is 11.9 Å². The van der Waals surface area contributed by atoms with Crippen LogP contribution in [0.3, 0.4) is 0 Å². The van der Waals surface area contributed by atoms with Gasteiger partial charge in [-0.3, -0.25) is 0 Å². The molecular formula is C2H7N7O3. The van der Waals surface area contributed by atoms with Crippen molar-refractivity contribution in [3.05, 3.63) is 15.3 Å². The molecule has 0 saturated heterocycles. The van der Waals surface area contributed by atoms with Gasteiger partial charge >= 0.3 is 11.9 Å². The Morgan fingerprint density at radius 2 is 1.92 bits per heavy atom. The van der Waals surface area contributed by atoms with Gasteiger partial charge in [0, 0.05) is 0 Å². The number of rotatable bonds is 0. The van der Waals surface area contributed by atoms with Gasteiger partial charge in [-0.05, 0) is 5.10 Å². The Balaban J connectivity index is 0.000000261. The summed E-state index contributed by atoms with van der Waals surface area (Å²) in [6.07, 6.45) is 0. The zero-order chi connectivity index (χ0) is 9.72. The van der Waals surface area contributed by atoms with Crippen molar-refractivity contribution in [3.8, 4) is 0 Å². The lowest BCUT2D eigenvalue weighted by atomic mass is 11.0. The van der Waals surface area contributed by atoms with Gasteiger partial charge in [0.1, 0.15) is 0 Å². The zero-order valence-electron chi connectivity index (χ0n) is 5.80. The first-order chi connectivity index (χ1) is 5.45. The molecule has 12 heavy (non-hydrogen) atoms. The minimum atomic E-state index is -1.75. The monoisotopic (exact) mass is 177 g/mol. The van der Waals surface area contributed by atoms with Gasteiger partial charge < -0.3 is 32.6 Å². The largest absolute Gasteiger partial charge is 0.367 e. The van der Waals surface area contributed by atoms with E-state index in [-0.39, 0.29) is 11.9 Å². The molecule has 0 bridgehead atoms. The third kappa shape index (κ3) is 3.05. The molecule has 0 fully saturated rings. The lowest BCUT2D eigenvalue weighted by Crippen LogP contribution is -2.47. The summed E-state index contributed by atoms with van der Waals surface area (Å²) in [6, 6.07) is 0. The summed E-state index contributed by atoms with van der Waals surface area (Å²) in [7, 11) is 0. The molecule has 68 valence electrons. The first-order valence-electron chi connectivity index (χ1n) is 2.53. The summed E-state index contributed by atoms with van der Waals surface area (Å²) in [6.45, 7) is 0. The third-order valence-corrected chi connectivity index (χ3v) is 0.791. The van der Waals surface area contributed by atoms with Crippen LogP contribution in [0.2, 0.25) is 0 Å². The van der Waals surface area contributed by atoms with Crippen LogP contribution < -0.4 is 22.0 Å². The second kappa shape index (κ2) is 3.80. The van der Waals surface area contributed by atoms with Crippen LogP contribution in [-0.2, 0) is 0 Å². The maximum Gasteiger partial charge on any atom is 0.367 e. The molecule has 0 saturated carbocycles. The molecule has 0 atom stereocenters. The molecule has 7 N–H and O–H groups in total. The molecule has 0 aliphatic rings. The Hall–Kier alpha value is -2.26. The average molecular weight is 177 g/mol. The van der Waals surface area contributed by atoms with Gasteiger partial charge in [-0.15, -0.1) is 9.77 Å². The number of aromatic amines is 1. The Kier molecular flexibility index (Phi) is 3.08. The highest BCUT2D eigenvalue weighted by Gasteiger charge is 2.05. The maximum atomic E-state index is 8.25. The van der Waals surface area contributed by atoms with Crippen molar-refractivity contribution in [1.29, 1.82) is 0 Å². The fourth-order valence-electron chi connectivity index (χ4n) is 0.346. The predicted molar refractivity (Wildman–Crippen MR) is 38.1 cm³/mol. The first kappa shape index (κ1) is 9.74. The summed E-state index contributed by atoms with van der Waals surface area (Å²) >= 11 is 0. The smallest absolute Gasteiger partial charge is 0.356 e. The Bertz CT molecular complexity index is 244. The Morgan fingerprint density at radius 1 is 1.50 bits per heavy atom. The van der Waals surface area contributed by atoms with Crippen LogP contribution in [0.15, 0.2) is 0 Å². The summed E-state index contributed by atoms with van der Waals surface area (Å²) in [4.78, 5) is 8.25. The summed E-state index contributed by atoms with van der Waals surface area (Å²) < 4.78 is 1.06. The first-order valence-corrected chi connectivity index (χ1v) is 2.53. The Morgan fingerprint density at radius 3 is 2.00 bits per heavy atom. The van der Waals surface area contributed by atoms with Crippen molar-refractivity contribution in [2.24, 2.45) is 0 Å². The maximum absolute atomic E-state index is 8.25. The van der Waals surface area contributed by atoms with Crippen molar-refractivity contribution < 1.29 is 9.76 Å². The number of hydrogen-bond donors (Lipinski definition) is 4. The SMILES string of the molecule is Nc1n[nH]c(N)[n+]1N.O=[N+]([O-])[O-]. The van der Waals surface area contributed by atoms with Crippen LogP contribution in [-0.4, -0.2) is 15.3 Å². The molecule has 1 rings (SSSR count). The quantitative estimate of drug-likeness (QED) is 0.144. The van der Waals surface area contributed by atoms with Crippen molar-refractivity contribution in [2.45, 2.75) is 0 Å². The number of nitrogen functional groups attached to an aromatic ring is 3. The van der Waals surface area contributed by atoms with Gasteiger partial charge in [-0.2, -0.15) is 0 Å². The molecule has 0 radical (unpaired) electrons. The average Bonchev–Trinajstić information content (AvgIpc) is 2.19. The van der Waals surface area contributed by atoms with Gasteiger partial charge in [-0.25, -0.2) is 0 Å². The van der Waals surface area contributed by atoms with E-state index < -0.39 is 5.09 Å². The van der Waals surface area contributed by atoms with Crippen molar-refractivity contribution in [3.63, 3.8) is 0 Å². The van der Waals surface area contributed by atoms with Gasteiger partial charge in [0.05, 0.1) is 5.09 Å². The van der Waals surface area contributed by atoms with Gasteiger partial charge in [-0.1, -0.05) is 0 Å². The fourth-order valence-corrected chi connectivity index (χ4v) is 0.346. The second-order valence-corrected chi connectivity index (χ2v) is 1.56. The van der Waals surface area contributed by atoms with E-state index in [4.69, 9.17) is 32.6 Å². The summed E-state index contributed by atoms with van der Waals surface area (Å²) in [5.74, 6) is 5.58. The van der Waals surface area contributed by atoms with Gasteiger partial charge in [0.2, 0.25) is 0 Å². The predicted octanol–water partition coefficient (Wildman–Crippen LogP) is -2.66. The van der Waals surface area contributed by atoms with Crippen LogP contribution in [0.5, 0.6) is 0 Å². The number of nitrogens with two attached hydrogens (primary N) is 3. The molecule has 0 unspecified atom stereocenters. The molecule has 0 spiro atoms. The second-order valence-electron chi connectivity index (χ2n) is 1.56. The molecule has 10 nitrogen and oxygen atoms in total. The number of hydrogen-bond acceptors (Lipinski definition) is 7. The number of H-pyrrole nitrogens is 1. The highest BCUT2D eigenvalue weighted by atomic mass is 16.9. The minimum absolute atomic E-state index is 0.169. The van der Waals surface area contributed by atoms with Crippen LogP contribution in [0.1, 0.15) is 0 Å². The molecule has 10 heteroatoms. The van der Waals surface area contributed by atoms with E-state index in [9.17, 15) is 0 Å². The number of aromatic nitrogens is 3. The van der Waals surface area contributed by atoms with Crippen molar-refractivity contribution in [1.82, 2.24) is 10.2 Å². The third-order valence-electron chi connectivity index (χ3n) is 0.791. The normalized spacial score (nSPS) is 8.33. The topological polar surface area (TPSA) is 177 Å². The molecule has 0 amide bonds. The highest BCUT2D eigenvalue weighted by molar-refractivity contribution is 5.11. The van der Waals surface area contributed by atoms with Crippen molar-refractivity contribution >= 4 is 11.9 Å². The molecule has 0 aliphatic heterocycles. The van der Waals surface area contributed by atoms with E-state index >= 15 is 0 Å². The van der Waals surface area contributed by atoms with E-state index in [1.165, 1.54) is 0 Å². The van der Waals surface area contributed by atoms with E-state index in [0.717, 1.165) is 4.68 Å². The number of nitrogens with zero attached hydrogens (tertiary/aromatic N) is 3. The highest BCUT2D eigenvalue weighted by Crippen LogP contribution is 1.83. The summed E-state index contributed by atoms with van der Waals surface area (Å²) in [5.41, 5.74) is 10.3. The minimum Gasteiger partial charge on any atom is -0.356 e. The Labute approximate surface area is 65.7 Å². The molecular weight excluding hydrogens is 170 g/mol. The molecule has 1 aromatic heterocycles. The van der Waals surface area contributed by atoms with Gasteiger partial charge in [0.25, 0.3) is 0 Å². The van der Waals surface area contributed by atoms with Crippen molar-refractivity contribution in [2.75, 3.05) is 17.3 Å². The summed E-state index contributed by atoms with van der Waals surface area (Å²) in [5, 5.41) is 20.6. The van der Waals surface area contributed by atoms with E-state index in [2.05, 4.69) is 10.2 Å². The van der Waals surface area contributed by atoms with Crippen LogP contribution >= 0.6 is 0 Å². The molecule has 1 aromatic rings. The number of anilines is 2. The fraction of sp³-hybridized carbons (Fsp3) is 0. The van der Waals surface area contributed by atoms with Crippen LogP contribution in [0, 0.1) is 15.3 Å². The van der Waals surface area contributed by atoms with E-state index in [1.807, 2.05) is 0 Å². The molecule has 1 heterocycles. The van der Waals surface area contributed by atoms with E-state index in [1.54, 1.807) is 0 Å². The lowest BCUT2D eigenvalue weighted by molar-refractivity contribution is -0.608. The molecule has 0 aromatic carbocycles. The van der Waals surface area contributed by atoms with Crippen LogP contribution in [0.25, 0.3) is 0 Å².